The molecule has 2 nitrogen and oxygen atoms in total. The molecule has 0 aliphatic heterocycles. The average molecular weight is 259 g/mol. The van der Waals surface area contributed by atoms with Crippen LogP contribution in [-0.2, 0) is 6.54 Å². The largest absolute Gasteiger partial charge is 0.366 e. The molecule has 94 valence electrons. The second-order valence-corrected chi connectivity index (χ2v) is 5.20. The van der Waals surface area contributed by atoms with Crippen molar-refractivity contribution in [2.45, 2.75) is 20.4 Å². The maximum atomic E-state index is 11.7. The van der Waals surface area contributed by atoms with Crippen molar-refractivity contribution in [1.29, 1.82) is 0 Å². The Hall–Kier alpha value is -1.61. The van der Waals surface area contributed by atoms with Crippen molar-refractivity contribution in [1.82, 2.24) is 0 Å². The van der Waals surface area contributed by atoms with Crippen LogP contribution in [0.3, 0.4) is 0 Å². The summed E-state index contributed by atoms with van der Waals surface area (Å²) in [5.41, 5.74) is 1.83. The van der Waals surface area contributed by atoms with Crippen molar-refractivity contribution < 1.29 is 4.79 Å². The van der Waals surface area contributed by atoms with Crippen molar-refractivity contribution in [3.63, 3.8) is 0 Å². The van der Waals surface area contributed by atoms with Gasteiger partial charge in [0.15, 0.2) is 5.78 Å². The SMILES string of the molecule is CCN(Cc1cccs1)c1ccccc1C(C)=O. The number of benzene rings is 1. The van der Waals surface area contributed by atoms with Gasteiger partial charge in [0, 0.05) is 22.7 Å². The van der Waals surface area contributed by atoms with E-state index in [1.165, 1.54) is 4.88 Å². The fourth-order valence-electron chi connectivity index (χ4n) is 2.01. The summed E-state index contributed by atoms with van der Waals surface area (Å²) in [5, 5.41) is 2.08. The Balaban J connectivity index is 2.30. The van der Waals surface area contributed by atoms with E-state index >= 15 is 0 Å². The molecule has 2 rings (SSSR count). The molecular formula is C15H17NOS. The summed E-state index contributed by atoms with van der Waals surface area (Å²) in [6.07, 6.45) is 0. The third-order valence-electron chi connectivity index (χ3n) is 2.93. The lowest BCUT2D eigenvalue weighted by molar-refractivity contribution is 0.101. The van der Waals surface area contributed by atoms with Crippen molar-refractivity contribution in [2.24, 2.45) is 0 Å². The molecule has 0 aliphatic rings. The van der Waals surface area contributed by atoms with Gasteiger partial charge in [-0.2, -0.15) is 0 Å². The number of para-hydroxylation sites is 1. The topological polar surface area (TPSA) is 20.3 Å². The summed E-state index contributed by atoms with van der Waals surface area (Å²) >= 11 is 1.75. The molecule has 0 saturated carbocycles. The molecule has 0 saturated heterocycles. The number of anilines is 1. The zero-order chi connectivity index (χ0) is 13.0. The Labute approximate surface area is 112 Å². The Bertz CT molecular complexity index is 519. The van der Waals surface area contributed by atoms with Crippen LogP contribution in [0.4, 0.5) is 5.69 Å². The summed E-state index contributed by atoms with van der Waals surface area (Å²) in [6, 6.07) is 12.0. The maximum Gasteiger partial charge on any atom is 0.161 e. The first-order valence-electron chi connectivity index (χ1n) is 6.09. The summed E-state index contributed by atoms with van der Waals surface area (Å²) in [5.74, 6) is 0.121. The first-order valence-corrected chi connectivity index (χ1v) is 6.97. The van der Waals surface area contributed by atoms with Crippen LogP contribution in [0, 0.1) is 0 Å². The molecule has 0 radical (unpaired) electrons. The third-order valence-corrected chi connectivity index (χ3v) is 3.79. The van der Waals surface area contributed by atoms with Crippen molar-refractivity contribution >= 4 is 22.8 Å². The highest BCUT2D eigenvalue weighted by molar-refractivity contribution is 7.09. The van der Waals surface area contributed by atoms with Gasteiger partial charge in [0.1, 0.15) is 0 Å². The fraction of sp³-hybridized carbons (Fsp3) is 0.267. The van der Waals surface area contributed by atoms with E-state index in [0.29, 0.717) is 0 Å². The van der Waals surface area contributed by atoms with Crippen LogP contribution < -0.4 is 4.90 Å². The molecule has 0 bridgehead atoms. The number of rotatable bonds is 5. The van der Waals surface area contributed by atoms with Crippen LogP contribution in [0.15, 0.2) is 41.8 Å². The minimum atomic E-state index is 0.121. The highest BCUT2D eigenvalue weighted by Crippen LogP contribution is 2.23. The minimum absolute atomic E-state index is 0.121. The molecule has 0 unspecified atom stereocenters. The van der Waals surface area contributed by atoms with E-state index in [0.717, 1.165) is 24.3 Å². The van der Waals surface area contributed by atoms with Gasteiger partial charge in [0.05, 0.1) is 6.54 Å². The Morgan fingerprint density at radius 2 is 2.00 bits per heavy atom. The van der Waals surface area contributed by atoms with Gasteiger partial charge < -0.3 is 4.90 Å². The highest BCUT2D eigenvalue weighted by Gasteiger charge is 2.12. The third kappa shape index (κ3) is 2.79. The van der Waals surface area contributed by atoms with E-state index in [2.05, 4.69) is 29.3 Å². The van der Waals surface area contributed by atoms with Crippen LogP contribution in [0.2, 0.25) is 0 Å². The van der Waals surface area contributed by atoms with E-state index in [1.807, 2.05) is 24.3 Å². The molecule has 0 N–H and O–H groups in total. The molecule has 18 heavy (non-hydrogen) atoms. The molecule has 0 fully saturated rings. The predicted octanol–water partition coefficient (Wildman–Crippen LogP) is 3.98. The quantitative estimate of drug-likeness (QED) is 0.757. The summed E-state index contributed by atoms with van der Waals surface area (Å²) in [7, 11) is 0. The van der Waals surface area contributed by atoms with Crippen LogP contribution >= 0.6 is 11.3 Å². The smallest absolute Gasteiger partial charge is 0.161 e. The maximum absolute atomic E-state index is 11.7. The second kappa shape index (κ2) is 5.83. The highest BCUT2D eigenvalue weighted by atomic mass is 32.1. The number of ketones is 1. The average Bonchev–Trinajstić information content (AvgIpc) is 2.88. The van der Waals surface area contributed by atoms with Crippen molar-refractivity contribution in [3.8, 4) is 0 Å². The van der Waals surface area contributed by atoms with Crippen molar-refractivity contribution in [2.75, 3.05) is 11.4 Å². The van der Waals surface area contributed by atoms with Gasteiger partial charge in [-0.05, 0) is 37.4 Å². The Kier molecular flexibility index (Phi) is 4.15. The van der Waals surface area contributed by atoms with Gasteiger partial charge in [-0.15, -0.1) is 11.3 Å². The fourth-order valence-corrected chi connectivity index (χ4v) is 2.72. The van der Waals surface area contributed by atoms with Crippen LogP contribution in [0.5, 0.6) is 0 Å². The molecule has 0 spiro atoms. The Morgan fingerprint density at radius 3 is 2.61 bits per heavy atom. The van der Waals surface area contributed by atoms with E-state index in [-0.39, 0.29) is 5.78 Å². The molecule has 2 aromatic rings. The summed E-state index contributed by atoms with van der Waals surface area (Å²) in [4.78, 5) is 15.2. The molecule has 0 amide bonds. The standard InChI is InChI=1S/C15H17NOS/c1-3-16(11-13-7-6-10-18-13)15-9-5-4-8-14(15)12(2)17/h4-10H,3,11H2,1-2H3. The molecule has 1 aromatic carbocycles. The van der Waals surface area contributed by atoms with E-state index in [1.54, 1.807) is 18.3 Å². The molecular weight excluding hydrogens is 242 g/mol. The zero-order valence-electron chi connectivity index (χ0n) is 10.7. The lowest BCUT2D eigenvalue weighted by Gasteiger charge is -2.24. The van der Waals surface area contributed by atoms with Gasteiger partial charge in [-0.3, -0.25) is 4.79 Å². The van der Waals surface area contributed by atoms with Gasteiger partial charge in [-0.1, -0.05) is 18.2 Å². The second-order valence-electron chi connectivity index (χ2n) is 4.17. The minimum Gasteiger partial charge on any atom is -0.366 e. The van der Waals surface area contributed by atoms with E-state index < -0.39 is 0 Å². The lowest BCUT2D eigenvalue weighted by atomic mass is 10.1. The monoisotopic (exact) mass is 259 g/mol. The molecule has 0 aliphatic carbocycles. The number of hydrogen-bond acceptors (Lipinski definition) is 3. The van der Waals surface area contributed by atoms with Gasteiger partial charge in [0.25, 0.3) is 0 Å². The number of Topliss-reactive ketones (excluding diaryl/α,β-unsaturated/α-hetero) is 1. The van der Waals surface area contributed by atoms with E-state index in [9.17, 15) is 4.79 Å². The Morgan fingerprint density at radius 1 is 1.22 bits per heavy atom. The lowest BCUT2D eigenvalue weighted by Crippen LogP contribution is -2.23. The van der Waals surface area contributed by atoms with Crippen LogP contribution in [0.1, 0.15) is 29.1 Å². The summed E-state index contributed by atoms with van der Waals surface area (Å²) in [6.45, 7) is 5.49. The van der Waals surface area contributed by atoms with Crippen LogP contribution in [-0.4, -0.2) is 12.3 Å². The number of carbonyl (C=O) groups excluding carboxylic acids is 1. The van der Waals surface area contributed by atoms with Gasteiger partial charge in [0.2, 0.25) is 0 Å². The molecule has 0 atom stereocenters. The van der Waals surface area contributed by atoms with Gasteiger partial charge >= 0.3 is 0 Å². The first-order chi connectivity index (χ1) is 8.72. The van der Waals surface area contributed by atoms with Gasteiger partial charge in [-0.25, -0.2) is 0 Å². The molecule has 1 heterocycles. The van der Waals surface area contributed by atoms with Crippen LogP contribution in [0.25, 0.3) is 0 Å². The first kappa shape index (κ1) is 12.8. The number of thiophene rings is 1. The summed E-state index contributed by atoms with van der Waals surface area (Å²) < 4.78 is 0. The molecule has 3 heteroatoms. The van der Waals surface area contributed by atoms with E-state index in [4.69, 9.17) is 0 Å². The number of carbonyl (C=O) groups is 1. The number of nitrogens with zero attached hydrogens (tertiary/aromatic N) is 1. The molecule has 1 aromatic heterocycles. The number of hydrogen-bond donors (Lipinski definition) is 0. The van der Waals surface area contributed by atoms with Crippen molar-refractivity contribution in [3.05, 3.63) is 52.2 Å². The normalized spacial score (nSPS) is 10.3. The zero-order valence-corrected chi connectivity index (χ0v) is 11.5. The predicted molar refractivity (Wildman–Crippen MR) is 77.5 cm³/mol.